The molecule has 1 atom stereocenters. The first-order chi connectivity index (χ1) is 8.93. The zero-order chi connectivity index (χ0) is 14.0. The monoisotopic (exact) mass is 283 g/mol. The van der Waals surface area contributed by atoms with Crippen LogP contribution in [0, 0.1) is 0 Å². The molecular weight excluding hydrogens is 266 g/mol. The number of nitrogens with one attached hydrogen (secondary N) is 1. The normalized spacial score (nSPS) is 22.6. The van der Waals surface area contributed by atoms with Crippen molar-refractivity contribution in [3.05, 3.63) is 22.8 Å². The van der Waals surface area contributed by atoms with E-state index < -0.39 is 5.60 Å². The summed E-state index contributed by atoms with van der Waals surface area (Å²) < 4.78 is 0. The van der Waals surface area contributed by atoms with Gasteiger partial charge in [0.05, 0.1) is 16.2 Å². The third-order valence-electron chi connectivity index (χ3n) is 3.18. The summed E-state index contributed by atoms with van der Waals surface area (Å²) in [4.78, 5) is 18.1. The molecule has 1 fully saturated rings. The Morgan fingerprint density at radius 1 is 1.68 bits per heavy atom. The summed E-state index contributed by atoms with van der Waals surface area (Å²) >= 11 is 6.04. The lowest BCUT2D eigenvalue weighted by Crippen LogP contribution is -2.34. The maximum absolute atomic E-state index is 12.4. The summed E-state index contributed by atoms with van der Waals surface area (Å²) in [6.45, 7) is 5.29. The summed E-state index contributed by atoms with van der Waals surface area (Å²) in [7, 11) is 0. The topological polar surface area (TPSA) is 65.5 Å². The quantitative estimate of drug-likeness (QED) is 0.887. The van der Waals surface area contributed by atoms with Crippen LogP contribution < -0.4 is 5.32 Å². The van der Waals surface area contributed by atoms with E-state index in [4.69, 9.17) is 11.6 Å². The number of β-amino-alcohol motifs (C(OH)–C–C–N with tert-alkyl or cyclic N) is 1. The lowest BCUT2D eigenvalue weighted by atomic mass is 10.1. The molecule has 5 nitrogen and oxygen atoms in total. The first kappa shape index (κ1) is 14.1. The van der Waals surface area contributed by atoms with Gasteiger partial charge in [-0.05, 0) is 26.3 Å². The van der Waals surface area contributed by atoms with Crippen molar-refractivity contribution in [2.24, 2.45) is 0 Å². The Hall–Kier alpha value is -1.33. The van der Waals surface area contributed by atoms with E-state index in [0.717, 1.165) is 6.54 Å². The van der Waals surface area contributed by atoms with Gasteiger partial charge in [-0.3, -0.25) is 4.79 Å². The number of carbonyl (C=O) groups is 1. The van der Waals surface area contributed by atoms with Gasteiger partial charge in [0.25, 0.3) is 5.91 Å². The van der Waals surface area contributed by atoms with E-state index in [-0.39, 0.29) is 5.91 Å². The number of aromatic nitrogens is 1. The summed E-state index contributed by atoms with van der Waals surface area (Å²) in [6.07, 6.45) is 2.06. The number of anilines is 1. The molecule has 19 heavy (non-hydrogen) atoms. The molecule has 0 aliphatic carbocycles. The molecule has 0 aromatic carbocycles. The molecule has 2 N–H and O–H groups in total. The number of aliphatic hydroxyl groups is 1. The van der Waals surface area contributed by atoms with Crippen molar-refractivity contribution < 1.29 is 9.90 Å². The van der Waals surface area contributed by atoms with E-state index in [1.54, 1.807) is 17.9 Å². The Balaban J connectivity index is 2.21. The lowest BCUT2D eigenvalue weighted by Gasteiger charge is -2.19. The molecule has 0 bridgehead atoms. The van der Waals surface area contributed by atoms with Crippen molar-refractivity contribution in [1.29, 1.82) is 0 Å². The Morgan fingerprint density at radius 2 is 2.42 bits per heavy atom. The van der Waals surface area contributed by atoms with Gasteiger partial charge in [-0.15, -0.1) is 0 Å². The molecule has 1 amide bonds. The van der Waals surface area contributed by atoms with Crippen LogP contribution in [0.5, 0.6) is 0 Å². The van der Waals surface area contributed by atoms with E-state index in [1.807, 2.05) is 6.92 Å². The summed E-state index contributed by atoms with van der Waals surface area (Å²) in [5, 5.41) is 13.3. The molecule has 2 heterocycles. The number of amides is 1. The van der Waals surface area contributed by atoms with Crippen molar-refractivity contribution in [3.8, 4) is 0 Å². The van der Waals surface area contributed by atoms with Gasteiger partial charge in [0, 0.05) is 25.8 Å². The first-order valence-electron chi connectivity index (χ1n) is 6.34. The van der Waals surface area contributed by atoms with Crippen LogP contribution in [0.25, 0.3) is 0 Å². The summed E-state index contributed by atoms with van der Waals surface area (Å²) in [5.74, 6) is 0.463. The lowest BCUT2D eigenvalue weighted by molar-refractivity contribution is 0.0572. The number of carbonyl (C=O) groups excluding carboxylic acids is 1. The van der Waals surface area contributed by atoms with Crippen LogP contribution in [0.3, 0.4) is 0 Å². The molecule has 6 heteroatoms. The van der Waals surface area contributed by atoms with Crippen LogP contribution in [-0.2, 0) is 0 Å². The van der Waals surface area contributed by atoms with Crippen LogP contribution in [0.4, 0.5) is 5.82 Å². The molecule has 1 unspecified atom stereocenters. The average Bonchev–Trinajstić information content (AvgIpc) is 2.72. The smallest absolute Gasteiger partial charge is 0.255 e. The number of hydrogen-bond donors (Lipinski definition) is 2. The number of pyridine rings is 1. The molecule has 0 spiro atoms. The Morgan fingerprint density at radius 3 is 3.00 bits per heavy atom. The van der Waals surface area contributed by atoms with Gasteiger partial charge in [-0.1, -0.05) is 11.6 Å². The number of halogens is 1. The molecule has 1 aliphatic heterocycles. The third-order valence-corrected chi connectivity index (χ3v) is 3.48. The zero-order valence-corrected chi connectivity index (χ0v) is 11.9. The number of nitrogens with zero attached hydrogens (tertiary/aromatic N) is 2. The molecule has 0 radical (unpaired) electrons. The second-order valence-electron chi connectivity index (χ2n) is 5.05. The zero-order valence-electron chi connectivity index (χ0n) is 11.1. The Labute approximate surface area is 117 Å². The molecule has 104 valence electrons. The Kier molecular flexibility index (Phi) is 3.96. The van der Waals surface area contributed by atoms with Crippen molar-refractivity contribution >= 4 is 23.3 Å². The van der Waals surface area contributed by atoms with Gasteiger partial charge in [-0.2, -0.15) is 0 Å². The van der Waals surface area contributed by atoms with E-state index in [2.05, 4.69) is 10.3 Å². The molecule has 1 aromatic heterocycles. The average molecular weight is 284 g/mol. The molecule has 1 aliphatic rings. The van der Waals surface area contributed by atoms with Gasteiger partial charge in [0.2, 0.25) is 0 Å². The molecular formula is C13H18ClN3O2. The van der Waals surface area contributed by atoms with Crippen molar-refractivity contribution in [3.63, 3.8) is 0 Å². The van der Waals surface area contributed by atoms with Gasteiger partial charge < -0.3 is 15.3 Å². The van der Waals surface area contributed by atoms with Crippen molar-refractivity contribution in [2.45, 2.75) is 25.9 Å². The van der Waals surface area contributed by atoms with E-state index >= 15 is 0 Å². The van der Waals surface area contributed by atoms with Crippen molar-refractivity contribution in [2.75, 3.05) is 25.0 Å². The fraction of sp³-hybridized carbons (Fsp3) is 0.538. The Bertz CT molecular complexity index is 491. The highest BCUT2D eigenvalue weighted by molar-refractivity contribution is 6.33. The molecule has 2 rings (SSSR count). The van der Waals surface area contributed by atoms with E-state index in [1.165, 1.54) is 6.20 Å². The predicted molar refractivity (Wildman–Crippen MR) is 74.6 cm³/mol. The second kappa shape index (κ2) is 5.35. The largest absolute Gasteiger partial charge is 0.388 e. The molecule has 1 aromatic rings. The van der Waals surface area contributed by atoms with E-state index in [0.29, 0.717) is 35.9 Å². The van der Waals surface area contributed by atoms with Crippen LogP contribution in [-0.4, -0.2) is 46.1 Å². The van der Waals surface area contributed by atoms with Crippen LogP contribution >= 0.6 is 11.6 Å². The third kappa shape index (κ3) is 3.16. The maximum atomic E-state index is 12.4. The van der Waals surface area contributed by atoms with Crippen LogP contribution in [0.2, 0.25) is 5.02 Å². The summed E-state index contributed by atoms with van der Waals surface area (Å²) in [5.41, 5.74) is -0.384. The first-order valence-corrected chi connectivity index (χ1v) is 6.72. The van der Waals surface area contributed by atoms with Crippen LogP contribution in [0.1, 0.15) is 30.6 Å². The SMILES string of the molecule is CCNc1cc(C(=O)N2CCC(C)(O)C2)c(Cl)cn1. The number of rotatable bonds is 3. The fourth-order valence-corrected chi connectivity index (χ4v) is 2.35. The molecule has 0 saturated carbocycles. The van der Waals surface area contributed by atoms with Crippen LogP contribution in [0.15, 0.2) is 12.3 Å². The maximum Gasteiger partial charge on any atom is 0.255 e. The highest BCUT2D eigenvalue weighted by atomic mass is 35.5. The van der Waals surface area contributed by atoms with E-state index in [9.17, 15) is 9.90 Å². The second-order valence-corrected chi connectivity index (χ2v) is 5.46. The molecule has 1 saturated heterocycles. The highest BCUT2D eigenvalue weighted by Gasteiger charge is 2.34. The standard InChI is InChI=1S/C13H18ClN3O2/c1-3-15-11-6-9(10(14)7-16-11)12(18)17-5-4-13(2,19)8-17/h6-7,19H,3-5,8H2,1-2H3,(H,15,16). The van der Waals surface area contributed by atoms with Gasteiger partial charge >= 0.3 is 0 Å². The fourth-order valence-electron chi connectivity index (χ4n) is 2.17. The van der Waals surface area contributed by atoms with Gasteiger partial charge in [0.15, 0.2) is 0 Å². The van der Waals surface area contributed by atoms with Gasteiger partial charge in [0.1, 0.15) is 5.82 Å². The summed E-state index contributed by atoms with van der Waals surface area (Å²) in [6, 6.07) is 1.65. The number of likely N-dealkylation sites (tertiary alicyclic amines) is 1. The number of hydrogen-bond acceptors (Lipinski definition) is 4. The minimum absolute atomic E-state index is 0.163. The minimum Gasteiger partial charge on any atom is -0.388 e. The predicted octanol–water partition coefficient (Wildman–Crippen LogP) is 1.76. The van der Waals surface area contributed by atoms with Gasteiger partial charge in [-0.25, -0.2) is 4.98 Å². The van der Waals surface area contributed by atoms with Crippen molar-refractivity contribution in [1.82, 2.24) is 9.88 Å². The minimum atomic E-state index is -0.806. The highest BCUT2D eigenvalue weighted by Crippen LogP contribution is 2.25.